The topological polar surface area (TPSA) is 41.5 Å². The number of halogens is 1. The van der Waals surface area contributed by atoms with Crippen molar-refractivity contribution in [1.82, 2.24) is 14.9 Å². The van der Waals surface area contributed by atoms with E-state index in [2.05, 4.69) is 54.9 Å². The Morgan fingerprint density at radius 1 is 1.12 bits per heavy atom. The number of nitrogens with zero attached hydrogens (tertiary/aromatic N) is 4. The molecule has 0 radical (unpaired) electrons. The molecule has 1 aromatic rings. The Hall–Kier alpha value is -0.980. The average Bonchev–Trinajstić information content (AvgIpc) is 2.69. The second-order valence-corrected chi connectivity index (χ2v) is 8.32. The zero-order valence-electron chi connectivity index (χ0n) is 15.8. The number of likely N-dealkylation sites (tertiary alicyclic amines) is 1. The predicted molar refractivity (Wildman–Crippen MR) is 110 cm³/mol. The lowest BCUT2D eigenvalue weighted by molar-refractivity contribution is 0.0422. The van der Waals surface area contributed by atoms with Crippen LogP contribution in [-0.4, -0.2) is 60.3 Å². The van der Waals surface area contributed by atoms with Crippen LogP contribution in [0.2, 0.25) is 0 Å². The van der Waals surface area contributed by atoms with Crippen LogP contribution in [-0.2, 0) is 4.74 Å². The molecule has 0 bridgehead atoms. The third-order valence-electron chi connectivity index (χ3n) is 5.52. The van der Waals surface area contributed by atoms with Gasteiger partial charge >= 0.3 is 0 Å². The Kier molecular flexibility index (Phi) is 7.89. The highest BCUT2D eigenvalue weighted by Crippen LogP contribution is 2.26. The molecule has 2 aliphatic rings. The quantitative estimate of drug-likeness (QED) is 0.619. The highest BCUT2D eigenvalue weighted by atomic mass is 79.9. The second-order valence-electron chi connectivity index (χ2n) is 7.41. The molecule has 3 rings (SSSR count). The first kappa shape index (κ1) is 19.8. The van der Waals surface area contributed by atoms with Crippen LogP contribution in [0.25, 0.3) is 0 Å². The van der Waals surface area contributed by atoms with Gasteiger partial charge in [-0.1, -0.05) is 18.6 Å². The van der Waals surface area contributed by atoms with Crippen molar-refractivity contribution in [3.63, 3.8) is 0 Å². The molecular formula is C20H31BrN4O. The van der Waals surface area contributed by atoms with Crippen LogP contribution in [0, 0.1) is 0 Å². The van der Waals surface area contributed by atoms with Gasteiger partial charge in [-0.25, -0.2) is 9.97 Å². The summed E-state index contributed by atoms with van der Waals surface area (Å²) in [7, 11) is 2.10. The maximum Gasteiger partial charge on any atom is 0.225 e. The molecule has 1 saturated heterocycles. The normalized spacial score (nSPS) is 24.8. The molecule has 0 atom stereocenters. The van der Waals surface area contributed by atoms with Crippen LogP contribution < -0.4 is 4.90 Å². The molecule has 2 fully saturated rings. The first-order chi connectivity index (χ1) is 12.7. The van der Waals surface area contributed by atoms with Crippen molar-refractivity contribution in [1.29, 1.82) is 0 Å². The highest BCUT2D eigenvalue weighted by Gasteiger charge is 2.25. The summed E-state index contributed by atoms with van der Waals surface area (Å²) in [6.07, 6.45) is 17.1. The van der Waals surface area contributed by atoms with Gasteiger partial charge in [-0.3, -0.25) is 4.90 Å². The lowest BCUT2D eigenvalue weighted by Crippen LogP contribution is -2.38. The summed E-state index contributed by atoms with van der Waals surface area (Å²) >= 11 is 3.39. The van der Waals surface area contributed by atoms with Crippen molar-refractivity contribution < 1.29 is 4.74 Å². The van der Waals surface area contributed by atoms with Crippen molar-refractivity contribution in [3.05, 3.63) is 29.0 Å². The third kappa shape index (κ3) is 6.03. The molecule has 0 N–H and O–H groups in total. The van der Waals surface area contributed by atoms with Crippen LogP contribution in [0.4, 0.5) is 5.95 Å². The third-order valence-corrected chi connectivity index (χ3v) is 5.93. The SMILES string of the molecule is CN(c1ncc(Br)cn1)[C@H]1CC[C@H](OCC=CCN2CCCCC2)CC1. The number of anilines is 1. The van der Waals surface area contributed by atoms with E-state index in [0.717, 1.165) is 49.3 Å². The van der Waals surface area contributed by atoms with E-state index < -0.39 is 0 Å². The van der Waals surface area contributed by atoms with Crippen molar-refractivity contribution in [2.24, 2.45) is 0 Å². The maximum atomic E-state index is 6.06. The number of rotatable bonds is 7. The van der Waals surface area contributed by atoms with E-state index in [1.807, 2.05) is 12.4 Å². The lowest BCUT2D eigenvalue weighted by atomic mass is 9.92. The van der Waals surface area contributed by atoms with Crippen LogP contribution in [0.5, 0.6) is 0 Å². The number of ether oxygens (including phenoxy) is 1. The van der Waals surface area contributed by atoms with Gasteiger partial charge in [-0.15, -0.1) is 0 Å². The van der Waals surface area contributed by atoms with Gasteiger partial charge in [0.25, 0.3) is 0 Å². The standard InChI is InChI=1S/C20H31BrN4O/c1-24(20-22-15-17(21)16-23-20)18-7-9-19(10-8-18)26-14-6-5-13-25-11-3-2-4-12-25/h5-6,15-16,18-19H,2-4,7-14H2,1H3/t18-,19-. The molecule has 144 valence electrons. The molecule has 1 aromatic heterocycles. The van der Waals surface area contributed by atoms with Gasteiger partial charge in [0.2, 0.25) is 5.95 Å². The first-order valence-corrected chi connectivity index (χ1v) is 10.7. The van der Waals surface area contributed by atoms with Gasteiger partial charge in [0, 0.05) is 32.0 Å². The van der Waals surface area contributed by atoms with Crippen LogP contribution in [0.1, 0.15) is 44.9 Å². The van der Waals surface area contributed by atoms with Crippen molar-refractivity contribution in [2.75, 3.05) is 38.2 Å². The zero-order valence-corrected chi connectivity index (χ0v) is 17.4. The van der Waals surface area contributed by atoms with Gasteiger partial charge in [0.1, 0.15) is 0 Å². The Bertz CT molecular complexity index is 551. The van der Waals surface area contributed by atoms with Crippen molar-refractivity contribution in [3.8, 4) is 0 Å². The summed E-state index contributed by atoms with van der Waals surface area (Å²) in [5, 5.41) is 0. The summed E-state index contributed by atoms with van der Waals surface area (Å²) in [4.78, 5) is 13.6. The zero-order chi connectivity index (χ0) is 18.2. The van der Waals surface area contributed by atoms with E-state index in [4.69, 9.17) is 4.74 Å². The fourth-order valence-electron chi connectivity index (χ4n) is 3.88. The average molecular weight is 423 g/mol. The number of hydrogen-bond acceptors (Lipinski definition) is 5. The maximum absolute atomic E-state index is 6.06. The minimum absolute atomic E-state index is 0.394. The van der Waals surface area contributed by atoms with Gasteiger partial charge in [0.05, 0.1) is 17.2 Å². The molecule has 0 amide bonds. The number of aromatic nitrogens is 2. The summed E-state index contributed by atoms with van der Waals surface area (Å²) in [6.45, 7) is 4.33. The molecule has 0 aromatic carbocycles. The molecule has 26 heavy (non-hydrogen) atoms. The van der Waals surface area contributed by atoms with E-state index in [9.17, 15) is 0 Å². The summed E-state index contributed by atoms with van der Waals surface area (Å²) in [5.74, 6) is 0.804. The largest absolute Gasteiger partial charge is 0.374 e. The lowest BCUT2D eigenvalue weighted by Gasteiger charge is -2.34. The molecule has 1 aliphatic carbocycles. The fraction of sp³-hybridized carbons (Fsp3) is 0.700. The molecule has 5 nitrogen and oxygen atoms in total. The number of hydrogen-bond donors (Lipinski definition) is 0. The molecule has 1 aliphatic heterocycles. The van der Waals surface area contributed by atoms with Gasteiger partial charge in [-0.05, 0) is 67.5 Å². The second kappa shape index (κ2) is 10.4. The van der Waals surface area contributed by atoms with E-state index in [1.54, 1.807) is 0 Å². The van der Waals surface area contributed by atoms with E-state index in [-0.39, 0.29) is 0 Å². The Labute approximate surface area is 166 Å². The van der Waals surface area contributed by atoms with Gasteiger partial charge in [0.15, 0.2) is 0 Å². The Balaban J connectivity index is 1.32. The van der Waals surface area contributed by atoms with Crippen molar-refractivity contribution in [2.45, 2.75) is 57.1 Å². The molecule has 0 unspecified atom stereocenters. The van der Waals surface area contributed by atoms with Gasteiger partial charge in [-0.2, -0.15) is 0 Å². The van der Waals surface area contributed by atoms with E-state index in [0.29, 0.717) is 12.1 Å². The monoisotopic (exact) mass is 422 g/mol. The molecule has 1 saturated carbocycles. The summed E-state index contributed by atoms with van der Waals surface area (Å²) in [6, 6.07) is 0.505. The Morgan fingerprint density at radius 3 is 2.50 bits per heavy atom. The first-order valence-electron chi connectivity index (χ1n) is 9.91. The molecule has 0 spiro atoms. The van der Waals surface area contributed by atoms with Crippen LogP contribution in [0.3, 0.4) is 0 Å². The predicted octanol–water partition coefficient (Wildman–Crippen LogP) is 4.05. The minimum Gasteiger partial charge on any atom is -0.374 e. The van der Waals surface area contributed by atoms with Gasteiger partial charge < -0.3 is 9.64 Å². The van der Waals surface area contributed by atoms with Crippen LogP contribution in [0.15, 0.2) is 29.0 Å². The van der Waals surface area contributed by atoms with E-state index >= 15 is 0 Å². The van der Waals surface area contributed by atoms with Crippen LogP contribution >= 0.6 is 15.9 Å². The fourth-order valence-corrected chi connectivity index (χ4v) is 4.08. The molecule has 6 heteroatoms. The Morgan fingerprint density at radius 2 is 1.81 bits per heavy atom. The smallest absolute Gasteiger partial charge is 0.225 e. The summed E-state index contributed by atoms with van der Waals surface area (Å²) < 4.78 is 6.98. The minimum atomic E-state index is 0.394. The number of piperidine rings is 1. The van der Waals surface area contributed by atoms with Crippen molar-refractivity contribution >= 4 is 21.9 Å². The molecule has 2 heterocycles. The molecular weight excluding hydrogens is 392 g/mol. The van der Waals surface area contributed by atoms with E-state index in [1.165, 1.54) is 32.4 Å². The summed E-state index contributed by atoms with van der Waals surface area (Å²) in [5.41, 5.74) is 0. The highest BCUT2D eigenvalue weighted by molar-refractivity contribution is 9.10.